The van der Waals surface area contributed by atoms with Crippen molar-refractivity contribution in [1.29, 1.82) is 0 Å². The first kappa shape index (κ1) is 14.1. The largest absolute Gasteiger partial charge is 0.393 e. The normalized spacial score (nSPS) is 13.6. The fraction of sp³-hybridized carbons (Fsp3) is 0.455. The van der Waals surface area contributed by atoms with Gasteiger partial charge < -0.3 is 5.11 Å². The first-order chi connectivity index (χ1) is 7.83. The highest BCUT2D eigenvalue weighted by molar-refractivity contribution is 7.89. The van der Waals surface area contributed by atoms with E-state index >= 15 is 0 Å². The average Bonchev–Trinajstić information content (AvgIpc) is 2.20. The van der Waals surface area contributed by atoms with Gasteiger partial charge in [0.2, 0.25) is 10.0 Å². The van der Waals surface area contributed by atoms with Crippen LogP contribution in [0.5, 0.6) is 0 Å². The van der Waals surface area contributed by atoms with Crippen molar-refractivity contribution in [1.82, 2.24) is 4.72 Å². The Morgan fingerprint density at radius 3 is 2.71 bits per heavy atom. The zero-order chi connectivity index (χ0) is 13.1. The standard InChI is InChI=1S/C11H16FNO3S/c1-8-3-4-10(12)7-11(8)17(15,16)13-6-5-9(2)14/h3-4,7,9,13-14H,5-6H2,1-2H3. The molecular weight excluding hydrogens is 245 g/mol. The van der Waals surface area contributed by atoms with Crippen molar-refractivity contribution >= 4 is 10.0 Å². The van der Waals surface area contributed by atoms with E-state index in [2.05, 4.69) is 4.72 Å². The van der Waals surface area contributed by atoms with Crippen LogP contribution in [0.4, 0.5) is 4.39 Å². The van der Waals surface area contributed by atoms with Gasteiger partial charge in [0.05, 0.1) is 11.0 Å². The molecule has 0 amide bonds. The van der Waals surface area contributed by atoms with Crippen LogP contribution in [-0.4, -0.2) is 26.2 Å². The van der Waals surface area contributed by atoms with Crippen LogP contribution in [0.1, 0.15) is 18.9 Å². The van der Waals surface area contributed by atoms with E-state index in [1.54, 1.807) is 13.8 Å². The van der Waals surface area contributed by atoms with E-state index in [4.69, 9.17) is 5.11 Å². The number of aliphatic hydroxyl groups is 1. The molecule has 6 heteroatoms. The molecule has 1 aromatic carbocycles. The second-order valence-corrected chi connectivity index (χ2v) is 5.68. The summed E-state index contributed by atoms with van der Waals surface area (Å²) in [5.74, 6) is -0.591. The smallest absolute Gasteiger partial charge is 0.240 e. The molecule has 1 rings (SSSR count). The highest BCUT2D eigenvalue weighted by atomic mass is 32.2. The van der Waals surface area contributed by atoms with Gasteiger partial charge in [-0.25, -0.2) is 17.5 Å². The fourth-order valence-electron chi connectivity index (χ4n) is 1.34. The Morgan fingerprint density at radius 2 is 2.12 bits per heavy atom. The van der Waals surface area contributed by atoms with Crippen molar-refractivity contribution < 1.29 is 17.9 Å². The van der Waals surface area contributed by atoms with Crippen molar-refractivity contribution in [2.45, 2.75) is 31.3 Å². The van der Waals surface area contributed by atoms with Crippen molar-refractivity contribution in [3.8, 4) is 0 Å². The molecule has 0 aromatic heterocycles. The van der Waals surface area contributed by atoms with Gasteiger partial charge in [-0.15, -0.1) is 0 Å². The highest BCUT2D eigenvalue weighted by Crippen LogP contribution is 2.16. The summed E-state index contributed by atoms with van der Waals surface area (Å²) < 4.78 is 39.0. The van der Waals surface area contributed by atoms with Crippen LogP contribution in [0, 0.1) is 12.7 Å². The Kier molecular flexibility index (Phi) is 4.62. The number of sulfonamides is 1. The summed E-state index contributed by atoms with van der Waals surface area (Å²) in [6.45, 7) is 3.29. The third-order valence-corrected chi connectivity index (χ3v) is 3.90. The van der Waals surface area contributed by atoms with Crippen molar-refractivity contribution in [2.24, 2.45) is 0 Å². The number of aliphatic hydroxyl groups excluding tert-OH is 1. The Labute approximate surface area is 101 Å². The van der Waals surface area contributed by atoms with E-state index in [9.17, 15) is 12.8 Å². The van der Waals surface area contributed by atoms with E-state index in [-0.39, 0.29) is 11.4 Å². The molecule has 1 aromatic rings. The summed E-state index contributed by atoms with van der Waals surface area (Å²) in [4.78, 5) is -0.0666. The lowest BCUT2D eigenvalue weighted by Gasteiger charge is -2.10. The molecule has 0 aliphatic carbocycles. The van der Waals surface area contributed by atoms with Gasteiger partial charge in [0.25, 0.3) is 0 Å². The lowest BCUT2D eigenvalue weighted by molar-refractivity contribution is 0.186. The van der Waals surface area contributed by atoms with E-state index in [1.807, 2.05) is 0 Å². The number of halogens is 1. The summed E-state index contributed by atoms with van der Waals surface area (Å²) in [5.41, 5.74) is 0.482. The maximum absolute atomic E-state index is 13.0. The predicted octanol–water partition coefficient (Wildman–Crippen LogP) is 1.18. The Balaban J connectivity index is 2.86. The van der Waals surface area contributed by atoms with Crippen LogP contribution >= 0.6 is 0 Å². The summed E-state index contributed by atoms with van der Waals surface area (Å²) in [7, 11) is -3.71. The van der Waals surface area contributed by atoms with Gasteiger partial charge in [0.1, 0.15) is 5.82 Å². The van der Waals surface area contributed by atoms with Crippen LogP contribution in [-0.2, 0) is 10.0 Å². The average molecular weight is 261 g/mol. The number of hydrogen-bond acceptors (Lipinski definition) is 3. The van der Waals surface area contributed by atoms with Crippen molar-refractivity contribution in [2.75, 3.05) is 6.54 Å². The quantitative estimate of drug-likeness (QED) is 0.836. The summed E-state index contributed by atoms with van der Waals surface area (Å²) in [6.07, 6.45) is -0.264. The molecule has 0 aliphatic rings. The molecule has 0 bridgehead atoms. The summed E-state index contributed by atoms with van der Waals surface area (Å²) in [6, 6.07) is 3.61. The first-order valence-electron chi connectivity index (χ1n) is 5.27. The van der Waals surface area contributed by atoms with E-state index in [0.717, 1.165) is 6.07 Å². The maximum atomic E-state index is 13.0. The molecule has 2 N–H and O–H groups in total. The lowest BCUT2D eigenvalue weighted by Crippen LogP contribution is -2.27. The van der Waals surface area contributed by atoms with Gasteiger partial charge in [-0.1, -0.05) is 6.07 Å². The van der Waals surface area contributed by atoms with Gasteiger partial charge in [-0.3, -0.25) is 0 Å². The van der Waals surface area contributed by atoms with Crippen LogP contribution in [0.3, 0.4) is 0 Å². The number of nitrogens with one attached hydrogen (secondary N) is 1. The zero-order valence-electron chi connectivity index (χ0n) is 9.77. The molecule has 1 unspecified atom stereocenters. The molecule has 0 aliphatic heterocycles. The number of hydrogen-bond donors (Lipinski definition) is 2. The number of aryl methyl sites for hydroxylation is 1. The van der Waals surface area contributed by atoms with Gasteiger partial charge in [0, 0.05) is 6.54 Å². The molecule has 0 fully saturated rings. The highest BCUT2D eigenvalue weighted by Gasteiger charge is 2.17. The Hall–Kier alpha value is -0.980. The molecule has 0 saturated heterocycles. The summed E-state index contributed by atoms with van der Waals surface area (Å²) >= 11 is 0. The number of rotatable bonds is 5. The van der Waals surface area contributed by atoms with E-state index in [1.165, 1.54) is 12.1 Å². The first-order valence-corrected chi connectivity index (χ1v) is 6.75. The molecule has 96 valence electrons. The second-order valence-electron chi connectivity index (χ2n) is 3.95. The SMILES string of the molecule is Cc1ccc(F)cc1S(=O)(=O)NCCC(C)O. The number of benzene rings is 1. The monoisotopic (exact) mass is 261 g/mol. The zero-order valence-corrected chi connectivity index (χ0v) is 10.6. The van der Waals surface area contributed by atoms with Crippen LogP contribution < -0.4 is 4.72 Å². The van der Waals surface area contributed by atoms with Crippen molar-refractivity contribution in [3.63, 3.8) is 0 Å². The third-order valence-electron chi connectivity index (χ3n) is 2.29. The molecule has 0 spiro atoms. The predicted molar refractivity (Wildman–Crippen MR) is 62.6 cm³/mol. The third kappa shape index (κ3) is 4.07. The molecule has 0 saturated carbocycles. The minimum atomic E-state index is -3.71. The van der Waals surface area contributed by atoms with Crippen LogP contribution in [0.2, 0.25) is 0 Å². The Bertz CT molecular complexity index is 485. The lowest BCUT2D eigenvalue weighted by atomic mass is 10.2. The Morgan fingerprint density at radius 1 is 1.47 bits per heavy atom. The minimum Gasteiger partial charge on any atom is -0.393 e. The molecule has 0 heterocycles. The fourth-order valence-corrected chi connectivity index (χ4v) is 2.65. The van der Waals surface area contributed by atoms with Gasteiger partial charge in [0.15, 0.2) is 0 Å². The maximum Gasteiger partial charge on any atom is 0.240 e. The molecule has 0 radical (unpaired) electrons. The molecular formula is C11H16FNO3S. The van der Waals surface area contributed by atoms with Crippen LogP contribution in [0.15, 0.2) is 23.1 Å². The minimum absolute atomic E-state index is 0.0666. The van der Waals surface area contributed by atoms with Crippen LogP contribution in [0.25, 0.3) is 0 Å². The van der Waals surface area contributed by atoms with Gasteiger partial charge in [-0.05, 0) is 38.0 Å². The molecule has 1 atom stereocenters. The summed E-state index contributed by atoms with van der Waals surface area (Å²) in [5, 5.41) is 9.02. The van der Waals surface area contributed by atoms with Crippen molar-refractivity contribution in [3.05, 3.63) is 29.6 Å². The second kappa shape index (κ2) is 5.57. The van der Waals surface area contributed by atoms with Gasteiger partial charge >= 0.3 is 0 Å². The molecule has 4 nitrogen and oxygen atoms in total. The molecule has 17 heavy (non-hydrogen) atoms. The van der Waals surface area contributed by atoms with E-state index in [0.29, 0.717) is 12.0 Å². The van der Waals surface area contributed by atoms with E-state index < -0.39 is 21.9 Å². The van der Waals surface area contributed by atoms with Gasteiger partial charge in [-0.2, -0.15) is 0 Å². The topological polar surface area (TPSA) is 66.4 Å².